The molecule has 1 aromatic heterocycles. The normalized spacial score (nSPS) is 23.7. The molecule has 0 bridgehead atoms. The summed E-state index contributed by atoms with van der Waals surface area (Å²) in [6.45, 7) is 3.36. The number of carbonyl (C=O) groups excluding carboxylic acids is 1. The zero-order valence-corrected chi connectivity index (χ0v) is 15.8. The summed E-state index contributed by atoms with van der Waals surface area (Å²) in [6.07, 6.45) is 9.71. The molecule has 4 rings (SSSR count). The third-order valence-electron chi connectivity index (χ3n) is 6.22. The van der Waals surface area contributed by atoms with Gasteiger partial charge in [0.1, 0.15) is 0 Å². The highest BCUT2D eigenvalue weighted by molar-refractivity contribution is 5.78. The third kappa shape index (κ3) is 3.78. The van der Waals surface area contributed by atoms with Crippen molar-refractivity contribution in [3.8, 4) is 0 Å². The number of aromatic nitrogens is 2. The molecule has 0 unspecified atom stereocenters. The zero-order valence-electron chi connectivity index (χ0n) is 15.8. The summed E-state index contributed by atoms with van der Waals surface area (Å²) in [5.74, 6) is 0.817. The number of hydrogen-bond donors (Lipinski definition) is 1. The molecule has 140 valence electrons. The second kappa shape index (κ2) is 7.78. The number of rotatable bonds is 5. The summed E-state index contributed by atoms with van der Waals surface area (Å²) < 4.78 is 2.02. The molecule has 1 N–H and O–H groups in total. The van der Waals surface area contributed by atoms with Crippen molar-refractivity contribution < 1.29 is 4.79 Å². The lowest BCUT2D eigenvalue weighted by molar-refractivity contribution is -0.121. The summed E-state index contributed by atoms with van der Waals surface area (Å²) in [4.78, 5) is 19.4. The van der Waals surface area contributed by atoms with Gasteiger partial charge < -0.3 is 14.8 Å². The Labute approximate surface area is 155 Å². The summed E-state index contributed by atoms with van der Waals surface area (Å²) in [7, 11) is 2.00. The van der Waals surface area contributed by atoms with Gasteiger partial charge in [0.05, 0.1) is 17.4 Å². The van der Waals surface area contributed by atoms with Crippen LogP contribution in [0.15, 0.2) is 24.5 Å². The standard InChI is InChI=1S/C21H30N4O/c1-24-15-23-18-13-16(7-9-20(18)24)8-10-21(26)22-14-17-5-4-12-25-11-3-2-6-19(17)25/h7,9,13,15,17,19H,2-6,8,10-12,14H2,1H3,(H,22,26)/t17-,19-/m1/s1. The molecule has 2 fully saturated rings. The average Bonchev–Trinajstić information content (AvgIpc) is 3.05. The lowest BCUT2D eigenvalue weighted by Crippen LogP contribution is -2.51. The van der Waals surface area contributed by atoms with Crippen LogP contribution < -0.4 is 5.32 Å². The fourth-order valence-corrected chi connectivity index (χ4v) is 4.74. The van der Waals surface area contributed by atoms with Crippen LogP contribution in [0.2, 0.25) is 0 Å². The number of benzene rings is 1. The van der Waals surface area contributed by atoms with Gasteiger partial charge in [-0.3, -0.25) is 4.79 Å². The molecule has 2 aromatic rings. The van der Waals surface area contributed by atoms with Gasteiger partial charge >= 0.3 is 0 Å². The Kier molecular flexibility index (Phi) is 5.25. The van der Waals surface area contributed by atoms with Crippen LogP contribution in [0.3, 0.4) is 0 Å². The Bertz CT molecular complexity index is 766. The van der Waals surface area contributed by atoms with E-state index in [-0.39, 0.29) is 5.91 Å². The first-order valence-corrected chi connectivity index (χ1v) is 10.1. The molecular weight excluding hydrogens is 324 g/mol. The van der Waals surface area contributed by atoms with E-state index in [2.05, 4.69) is 33.4 Å². The van der Waals surface area contributed by atoms with Crippen LogP contribution in [0.1, 0.15) is 44.1 Å². The molecular formula is C21H30N4O. The van der Waals surface area contributed by atoms with Crippen LogP contribution >= 0.6 is 0 Å². The predicted octanol–water partition coefficient (Wildman–Crippen LogP) is 2.89. The number of nitrogens with zero attached hydrogens (tertiary/aromatic N) is 3. The Hall–Kier alpha value is -1.88. The zero-order chi connectivity index (χ0) is 17.9. The van der Waals surface area contributed by atoms with Crippen molar-refractivity contribution in [2.24, 2.45) is 13.0 Å². The van der Waals surface area contributed by atoms with Crippen molar-refractivity contribution in [2.45, 2.75) is 51.0 Å². The fraction of sp³-hybridized carbons (Fsp3) is 0.619. The Balaban J connectivity index is 1.27. The molecule has 1 amide bonds. The number of nitrogens with one attached hydrogen (secondary N) is 1. The molecule has 2 aliphatic heterocycles. The molecule has 5 heteroatoms. The molecule has 2 atom stereocenters. The lowest BCUT2D eigenvalue weighted by Gasteiger charge is -2.44. The topological polar surface area (TPSA) is 50.2 Å². The monoisotopic (exact) mass is 354 g/mol. The summed E-state index contributed by atoms with van der Waals surface area (Å²) >= 11 is 0. The van der Waals surface area contributed by atoms with Crippen LogP contribution in [0.5, 0.6) is 0 Å². The van der Waals surface area contributed by atoms with E-state index in [0.717, 1.165) is 24.0 Å². The van der Waals surface area contributed by atoms with Crippen LogP contribution in [0.25, 0.3) is 11.0 Å². The first-order chi connectivity index (χ1) is 12.7. The van der Waals surface area contributed by atoms with Gasteiger partial charge in [-0.1, -0.05) is 12.5 Å². The van der Waals surface area contributed by atoms with Crippen molar-refractivity contribution in [3.63, 3.8) is 0 Å². The van der Waals surface area contributed by atoms with E-state index in [4.69, 9.17) is 0 Å². The van der Waals surface area contributed by atoms with Crippen molar-refractivity contribution >= 4 is 16.9 Å². The first kappa shape index (κ1) is 17.5. The van der Waals surface area contributed by atoms with Crippen LogP contribution in [0, 0.1) is 5.92 Å². The van der Waals surface area contributed by atoms with Gasteiger partial charge in [-0.2, -0.15) is 0 Å². The van der Waals surface area contributed by atoms with Crippen molar-refractivity contribution in [1.29, 1.82) is 0 Å². The van der Waals surface area contributed by atoms with Crippen molar-refractivity contribution in [1.82, 2.24) is 19.8 Å². The maximum Gasteiger partial charge on any atom is 0.220 e. The minimum Gasteiger partial charge on any atom is -0.356 e. The van der Waals surface area contributed by atoms with E-state index in [1.807, 2.05) is 17.9 Å². The SMILES string of the molecule is Cn1cnc2cc(CCC(=O)NC[C@H]3CCCN4CCCC[C@H]34)ccc21. The van der Waals surface area contributed by atoms with E-state index >= 15 is 0 Å². The Morgan fingerprint density at radius 3 is 3.04 bits per heavy atom. The number of carbonyl (C=O) groups is 1. The largest absolute Gasteiger partial charge is 0.356 e. The molecule has 0 aliphatic carbocycles. The molecule has 0 saturated carbocycles. The maximum absolute atomic E-state index is 12.3. The van der Waals surface area contributed by atoms with E-state index in [0.29, 0.717) is 18.4 Å². The smallest absolute Gasteiger partial charge is 0.220 e. The minimum atomic E-state index is 0.180. The Morgan fingerprint density at radius 2 is 2.12 bits per heavy atom. The van der Waals surface area contributed by atoms with E-state index in [1.165, 1.54) is 50.8 Å². The first-order valence-electron chi connectivity index (χ1n) is 10.1. The molecule has 26 heavy (non-hydrogen) atoms. The van der Waals surface area contributed by atoms with Crippen LogP contribution in [-0.4, -0.2) is 46.0 Å². The quantitative estimate of drug-likeness (QED) is 0.898. The minimum absolute atomic E-state index is 0.180. The highest BCUT2D eigenvalue weighted by atomic mass is 16.1. The van der Waals surface area contributed by atoms with E-state index < -0.39 is 0 Å². The van der Waals surface area contributed by atoms with E-state index in [1.54, 1.807) is 0 Å². The van der Waals surface area contributed by atoms with Gasteiger partial charge in [0, 0.05) is 26.1 Å². The number of fused-ring (bicyclic) bond motifs is 2. The molecule has 0 spiro atoms. The second-order valence-electron chi connectivity index (χ2n) is 7.98. The van der Waals surface area contributed by atoms with Gasteiger partial charge in [0.15, 0.2) is 0 Å². The predicted molar refractivity (Wildman–Crippen MR) is 104 cm³/mol. The lowest BCUT2D eigenvalue weighted by atomic mass is 9.83. The van der Waals surface area contributed by atoms with Crippen molar-refractivity contribution in [3.05, 3.63) is 30.1 Å². The Morgan fingerprint density at radius 1 is 1.23 bits per heavy atom. The number of imidazole rings is 1. The van der Waals surface area contributed by atoms with Gasteiger partial charge in [0.2, 0.25) is 5.91 Å². The number of piperidine rings is 2. The molecule has 5 nitrogen and oxygen atoms in total. The van der Waals surface area contributed by atoms with Gasteiger partial charge in [-0.05, 0) is 68.8 Å². The molecule has 0 radical (unpaired) electrons. The number of hydrogen-bond acceptors (Lipinski definition) is 3. The summed E-state index contributed by atoms with van der Waals surface area (Å²) in [5, 5.41) is 3.21. The fourth-order valence-electron chi connectivity index (χ4n) is 4.74. The summed E-state index contributed by atoms with van der Waals surface area (Å²) in [5.41, 5.74) is 3.32. The average molecular weight is 354 g/mol. The van der Waals surface area contributed by atoms with Gasteiger partial charge in [-0.15, -0.1) is 0 Å². The molecule has 2 aliphatic rings. The van der Waals surface area contributed by atoms with Gasteiger partial charge in [0.25, 0.3) is 0 Å². The number of aryl methyl sites for hydroxylation is 2. The van der Waals surface area contributed by atoms with Crippen LogP contribution in [0.4, 0.5) is 0 Å². The number of amides is 1. The molecule has 1 aromatic carbocycles. The second-order valence-corrected chi connectivity index (χ2v) is 7.98. The van der Waals surface area contributed by atoms with Crippen molar-refractivity contribution in [2.75, 3.05) is 19.6 Å². The highest BCUT2D eigenvalue weighted by Gasteiger charge is 2.32. The van der Waals surface area contributed by atoms with E-state index in [9.17, 15) is 4.79 Å². The summed E-state index contributed by atoms with van der Waals surface area (Å²) in [6, 6.07) is 7.00. The van der Waals surface area contributed by atoms with Gasteiger partial charge in [-0.25, -0.2) is 4.98 Å². The maximum atomic E-state index is 12.3. The highest BCUT2D eigenvalue weighted by Crippen LogP contribution is 2.30. The molecule has 3 heterocycles. The third-order valence-corrected chi connectivity index (χ3v) is 6.22. The molecule has 2 saturated heterocycles. The van der Waals surface area contributed by atoms with Crippen LogP contribution in [-0.2, 0) is 18.3 Å².